The normalized spacial score (nSPS) is 13.0. The van der Waals surface area contributed by atoms with Crippen LogP contribution in [0.1, 0.15) is 11.1 Å². The van der Waals surface area contributed by atoms with Gasteiger partial charge in [-0.3, -0.25) is 0 Å². The van der Waals surface area contributed by atoms with Crippen molar-refractivity contribution in [1.29, 1.82) is 0 Å². The van der Waals surface area contributed by atoms with Crippen LogP contribution in [0.4, 0.5) is 13.2 Å². The molecule has 0 bridgehead atoms. The lowest BCUT2D eigenvalue weighted by Gasteiger charge is -2.26. The Balaban J connectivity index is 2.29. The van der Waals surface area contributed by atoms with E-state index in [1.807, 2.05) is 0 Å². The van der Waals surface area contributed by atoms with Crippen LogP contribution in [0.3, 0.4) is 0 Å². The molecule has 0 saturated heterocycles. The summed E-state index contributed by atoms with van der Waals surface area (Å²) in [6, 6.07) is 3.28. The first-order chi connectivity index (χ1) is 11.0. The topological polar surface area (TPSA) is 27.1 Å². The predicted octanol–water partition coefficient (Wildman–Crippen LogP) is 6.02. The summed E-state index contributed by atoms with van der Waals surface area (Å²) in [4.78, 5) is 0. The minimum atomic E-state index is -4.39. The van der Waals surface area contributed by atoms with Crippen molar-refractivity contribution in [1.82, 2.24) is 9.78 Å². The molecule has 135 valence electrons. The summed E-state index contributed by atoms with van der Waals surface area (Å²) in [5.41, 5.74) is 0.367. The van der Waals surface area contributed by atoms with E-state index in [9.17, 15) is 13.2 Å². The van der Waals surface area contributed by atoms with E-state index in [1.54, 1.807) is 4.68 Å². The Morgan fingerprint density at radius 1 is 1.25 bits per heavy atom. The molecule has 9 heteroatoms. The van der Waals surface area contributed by atoms with Gasteiger partial charge in [-0.15, -0.1) is 14.1 Å². The lowest BCUT2D eigenvalue weighted by Crippen LogP contribution is -2.22. The summed E-state index contributed by atoms with van der Waals surface area (Å²) in [7, 11) is -1.18. The second-order valence-corrected chi connectivity index (χ2v) is 13.7. The molecule has 24 heavy (non-hydrogen) atoms. The molecule has 2 aromatic rings. The van der Waals surface area contributed by atoms with Crippen LogP contribution < -0.4 is 0 Å². The standard InChI is InChI=1S/C15H19Br2F3N2OSi/c1-24(2,3)5-4-23-9-22-14(17)12-7-11(15(18,19)20)6-10(8-16)13(12)21-22/h6-7H,4-5,8-9H2,1-3H3/q-1. The lowest BCUT2D eigenvalue weighted by molar-refractivity contribution is -0.137. The van der Waals surface area contributed by atoms with E-state index < -0.39 is 19.8 Å². The molecule has 0 spiro atoms. The number of benzene rings is 1. The molecular formula is C15H19Br2F3N2OSi-. The van der Waals surface area contributed by atoms with Crippen LogP contribution in [0.15, 0.2) is 16.7 Å². The number of hydrogen-bond acceptors (Lipinski definition) is 2. The summed E-state index contributed by atoms with van der Waals surface area (Å²) in [6.45, 7) is 7.61. The maximum atomic E-state index is 13.1. The molecule has 1 aromatic heterocycles. The van der Waals surface area contributed by atoms with Crippen LogP contribution in [0.25, 0.3) is 10.9 Å². The highest BCUT2D eigenvalue weighted by atomic mass is 79.9. The summed E-state index contributed by atoms with van der Waals surface area (Å²) < 4.78 is 46.9. The number of nitrogens with zero attached hydrogens (tertiary/aromatic N) is 2. The molecule has 0 amide bonds. The summed E-state index contributed by atoms with van der Waals surface area (Å²) in [6.07, 6.45) is -4.39. The zero-order valence-electron chi connectivity index (χ0n) is 13.7. The van der Waals surface area contributed by atoms with Gasteiger partial charge in [0.25, 0.3) is 0 Å². The second-order valence-electron chi connectivity index (χ2n) is 6.80. The first-order valence-electron chi connectivity index (χ1n) is 7.43. The van der Waals surface area contributed by atoms with Crippen molar-refractivity contribution >= 4 is 50.8 Å². The third kappa shape index (κ3) is 4.83. The van der Waals surface area contributed by atoms with E-state index in [2.05, 4.69) is 56.6 Å². The molecule has 0 aliphatic carbocycles. The zero-order valence-corrected chi connectivity index (χ0v) is 17.8. The van der Waals surface area contributed by atoms with Gasteiger partial charge in [0, 0.05) is 17.3 Å². The zero-order chi connectivity index (χ0) is 18.1. The second kappa shape index (κ2) is 7.47. The van der Waals surface area contributed by atoms with Crippen molar-refractivity contribution in [3.05, 3.63) is 27.9 Å². The molecule has 0 unspecified atom stereocenters. The summed E-state index contributed by atoms with van der Waals surface area (Å²) in [5.74, 6) is 0. The minimum absolute atomic E-state index is 0.211. The summed E-state index contributed by atoms with van der Waals surface area (Å²) >= 11 is 6.59. The van der Waals surface area contributed by atoms with Gasteiger partial charge in [-0.2, -0.15) is 37.9 Å². The fourth-order valence-corrected chi connectivity index (χ4v) is 3.82. The van der Waals surface area contributed by atoms with E-state index >= 15 is 0 Å². The number of aromatic nitrogens is 2. The Morgan fingerprint density at radius 2 is 1.92 bits per heavy atom. The molecule has 0 atom stereocenters. The Bertz CT molecular complexity index is 726. The molecule has 0 fully saturated rings. The number of alkyl halides is 4. The van der Waals surface area contributed by atoms with E-state index in [0.29, 0.717) is 33.0 Å². The van der Waals surface area contributed by atoms with E-state index in [4.69, 9.17) is 4.74 Å². The molecule has 0 aliphatic heterocycles. The monoisotopic (exact) mass is 486 g/mol. The van der Waals surface area contributed by atoms with E-state index in [-0.39, 0.29) is 6.73 Å². The molecule has 0 aliphatic rings. The Morgan fingerprint density at radius 3 is 2.46 bits per heavy atom. The highest BCUT2D eigenvalue weighted by Crippen LogP contribution is 2.36. The maximum Gasteiger partial charge on any atom is 0.416 e. The smallest absolute Gasteiger partial charge is 0.362 e. The molecule has 1 aromatic carbocycles. The number of rotatable bonds is 6. The van der Waals surface area contributed by atoms with Gasteiger partial charge in [-0.25, -0.2) is 4.68 Å². The Kier molecular flexibility index (Phi) is 6.20. The van der Waals surface area contributed by atoms with Crippen LogP contribution in [-0.4, -0.2) is 24.5 Å². The van der Waals surface area contributed by atoms with Crippen molar-refractivity contribution in [3.63, 3.8) is 0 Å². The van der Waals surface area contributed by atoms with E-state index in [1.165, 1.54) is 0 Å². The van der Waals surface area contributed by atoms with E-state index in [0.717, 1.165) is 18.2 Å². The van der Waals surface area contributed by atoms with Crippen molar-refractivity contribution < 1.29 is 17.9 Å². The fraction of sp³-hybridized carbons (Fsp3) is 0.533. The van der Waals surface area contributed by atoms with Crippen molar-refractivity contribution in [2.45, 2.75) is 43.9 Å². The molecule has 0 radical (unpaired) electrons. The number of halogens is 5. The molecule has 1 heterocycles. The number of fused-ring (bicyclic) bond motifs is 1. The lowest BCUT2D eigenvalue weighted by atomic mass is 10.1. The van der Waals surface area contributed by atoms with Gasteiger partial charge in [0.2, 0.25) is 0 Å². The molecule has 0 N–H and O–H groups in total. The van der Waals surface area contributed by atoms with Crippen molar-refractivity contribution in [3.8, 4) is 0 Å². The SMILES string of the molecule is C[Si-](C)(C)CCOCn1nc2c(CBr)cc(C(F)(F)F)cc2c1Br. The average molecular weight is 488 g/mol. The van der Waals surface area contributed by atoms with Crippen LogP contribution in [0.2, 0.25) is 25.7 Å². The van der Waals surface area contributed by atoms with Crippen LogP contribution in [0.5, 0.6) is 0 Å². The molecule has 2 rings (SSSR count). The van der Waals surface area contributed by atoms with Crippen LogP contribution in [0, 0.1) is 0 Å². The predicted molar refractivity (Wildman–Crippen MR) is 99.2 cm³/mol. The Hall–Kier alpha value is -0.383. The minimum Gasteiger partial charge on any atom is -0.362 e. The highest BCUT2D eigenvalue weighted by molar-refractivity contribution is 9.10. The van der Waals surface area contributed by atoms with Crippen LogP contribution >= 0.6 is 31.9 Å². The number of hydrogen-bond donors (Lipinski definition) is 0. The molecule has 3 nitrogen and oxygen atoms in total. The number of ether oxygens (including phenoxy) is 1. The van der Waals surface area contributed by atoms with Gasteiger partial charge in [0.1, 0.15) is 11.3 Å². The van der Waals surface area contributed by atoms with Gasteiger partial charge in [-0.1, -0.05) is 15.9 Å². The van der Waals surface area contributed by atoms with Crippen LogP contribution in [-0.2, 0) is 23.0 Å². The molecular weight excluding hydrogens is 469 g/mol. The maximum absolute atomic E-state index is 13.1. The van der Waals surface area contributed by atoms with Gasteiger partial charge in [-0.05, 0) is 33.6 Å². The quantitative estimate of drug-likeness (QED) is 0.283. The van der Waals surface area contributed by atoms with Crippen molar-refractivity contribution in [2.75, 3.05) is 6.61 Å². The average Bonchev–Trinajstić information content (AvgIpc) is 2.78. The largest absolute Gasteiger partial charge is 0.416 e. The van der Waals surface area contributed by atoms with Gasteiger partial charge < -0.3 is 4.74 Å². The van der Waals surface area contributed by atoms with Gasteiger partial charge in [0.05, 0.1) is 11.1 Å². The highest BCUT2D eigenvalue weighted by Gasteiger charge is 2.32. The first-order valence-corrected chi connectivity index (χ1v) is 13.0. The van der Waals surface area contributed by atoms with Gasteiger partial charge in [0.15, 0.2) is 0 Å². The molecule has 0 saturated carbocycles. The Labute approximate surface area is 156 Å². The third-order valence-corrected chi connectivity index (χ3v) is 6.68. The third-order valence-electron chi connectivity index (χ3n) is 3.54. The van der Waals surface area contributed by atoms with Gasteiger partial charge >= 0.3 is 6.18 Å². The first kappa shape index (κ1) is 19.9. The summed E-state index contributed by atoms with van der Waals surface area (Å²) in [5, 5.41) is 5.14. The van der Waals surface area contributed by atoms with Crippen molar-refractivity contribution in [2.24, 2.45) is 0 Å². The fourth-order valence-electron chi connectivity index (χ4n) is 2.15.